The van der Waals surface area contributed by atoms with Crippen LogP contribution in [0.15, 0.2) is 16.8 Å². The first-order valence-electron chi connectivity index (χ1n) is 5.77. The molecule has 1 amide bonds. The Morgan fingerprint density at radius 2 is 2.38 bits per heavy atom. The first-order valence-corrected chi connectivity index (χ1v) is 6.71. The second-order valence-corrected chi connectivity index (χ2v) is 5.63. The van der Waals surface area contributed by atoms with Gasteiger partial charge in [-0.2, -0.15) is 11.3 Å². The van der Waals surface area contributed by atoms with Gasteiger partial charge in [0.15, 0.2) is 0 Å². The molecule has 0 N–H and O–H groups in total. The van der Waals surface area contributed by atoms with E-state index in [2.05, 4.69) is 16.8 Å². The van der Waals surface area contributed by atoms with Crippen LogP contribution in [0.3, 0.4) is 0 Å². The van der Waals surface area contributed by atoms with Crippen molar-refractivity contribution in [3.63, 3.8) is 0 Å². The van der Waals surface area contributed by atoms with Crippen LogP contribution in [0.1, 0.15) is 16.8 Å². The van der Waals surface area contributed by atoms with Gasteiger partial charge in [0.05, 0.1) is 5.56 Å². The van der Waals surface area contributed by atoms with E-state index >= 15 is 0 Å². The summed E-state index contributed by atoms with van der Waals surface area (Å²) in [6.07, 6.45) is 1.17. The zero-order chi connectivity index (χ0) is 11.1. The summed E-state index contributed by atoms with van der Waals surface area (Å²) in [6, 6.07) is 2.39. The van der Waals surface area contributed by atoms with E-state index in [4.69, 9.17) is 0 Å². The first kappa shape index (κ1) is 10.3. The van der Waals surface area contributed by atoms with Crippen LogP contribution in [0.25, 0.3) is 0 Å². The van der Waals surface area contributed by atoms with Crippen LogP contribution >= 0.6 is 11.3 Å². The summed E-state index contributed by atoms with van der Waals surface area (Å²) < 4.78 is 0. The number of hydrogen-bond donors (Lipinski definition) is 0. The van der Waals surface area contributed by atoms with Gasteiger partial charge in [-0.15, -0.1) is 0 Å². The molecular formula is C12H16N2OS. The van der Waals surface area contributed by atoms with Crippen molar-refractivity contribution < 1.29 is 4.79 Å². The molecule has 2 fully saturated rings. The molecule has 0 aliphatic carbocycles. The first-order chi connectivity index (χ1) is 7.75. The molecule has 1 aromatic heterocycles. The molecule has 0 spiro atoms. The molecule has 2 atom stereocenters. The number of rotatable bonds is 1. The lowest BCUT2D eigenvalue weighted by molar-refractivity contribution is 0.0730. The Kier molecular flexibility index (Phi) is 2.48. The van der Waals surface area contributed by atoms with E-state index in [1.807, 2.05) is 16.8 Å². The molecule has 0 bridgehead atoms. The van der Waals surface area contributed by atoms with Crippen molar-refractivity contribution in [1.29, 1.82) is 0 Å². The summed E-state index contributed by atoms with van der Waals surface area (Å²) >= 11 is 1.59. The molecule has 2 aliphatic heterocycles. The highest BCUT2D eigenvalue weighted by atomic mass is 32.1. The lowest BCUT2D eigenvalue weighted by atomic mass is 10.1. The fourth-order valence-electron chi connectivity index (χ4n) is 2.98. The minimum atomic E-state index is 0.226. The second-order valence-electron chi connectivity index (χ2n) is 4.85. The number of likely N-dealkylation sites (N-methyl/N-ethyl adjacent to an activating group) is 1. The normalized spacial score (nSPS) is 29.7. The highest BCUT2D eigenvalue weighted by molar-refractivity contribution is 7.08. The smallest absolute Gasteiger partial charge is 0.255 e. The Hall–Kier alpha value is -0.870. The minimum absolute atomic E-state index is 0.226. The quantitative estimate of drug-likeness (QED) is 0.738. The van der Waals surface area contributed by atoms with Gasteiger partial charge in [0, 0.05) is 31.1 Å². The number of fused-ring (bicyclic) bond motifs is 1. The number of amides is 1. The standard InChI is InChI=1S/C12H16N2OS/c1-13-6-9-2-4-14(11(9)7-13)12(15)10-3-5-16-8-10/h3,5,8-9,11H,2,4,6-7H2,1H3/t9-,11+/m1/s1. The fourth-order valence-corrected chi connectivity index (χ4v) is 3.61. The Bertz CT molecular complexity index is 390. The molecule has 0 aromatic carbocycles. The highest BCUT2D eigenvalue weighted by Gasteiger charge is 2.42. The number of hydrogen-bond acceptors (Lipinski definition) is 3. The van der Waals surface area contributed by atoms with E-state index in [9.17, 15) is 4.79 Å². The molecular weight excluding hydrogens is 220 g/mol. The number of nitrogens with zero attached hydrogens (tertiary/aromatic N) is 2. The molecule has 4 heteroatoms. The van der Waals surface area contributed by atoms with Crippen molar-refractivity contribution in [1.82, 2.24) is 9.80 Å². The number of thiophene rings is 1. The molecule has 3 nitrogen and oxygen atoms in total. The van der Waals surface area contributed by atoms with E-state index in [0.717, 1.165) is 25.2 Å². The molecule has 2 saturated heterocycles. The molecule has 2 aliphatic rings. The third kappa shape index (κ3) is 1.57. The largest absolute Gasteiger partial charge is 0.334 e. The second kappa shape index (κ2) is 3.86. The van der Waals surface area contributed by atoms with Gasteiger partial charge in [-0.05, 0) is 30.8 Å². The van der Waals surface area contributed by atoms with Crippen molar-refractivity contribution in [2.75, 3.05) is 26.7 Å². The van der Waals surface area contributed by atoms with E-state index in [-0.39, 0.29) is 5.91 Å². The summed E-state index contributed by atoms with van der Waals surface area (Å²) in [5, 5.41) is 3.93. The van der Waals surface area contributed by atoms with Crippen molar-refractivity contribution in [3.8, 4) is 0 Å². The summed E-state index contributed by atoms with van der Waals surface area (Å²) in [7, 11) is 2.14. The van der Waals surface area contributed by atoms with Gasteiger partial charge in [0.2, 0.25) is 0 Å². The minimum Gasteiger partial charge on any atom is -0.334 e. The van der Waals surface area contributed by atoms with E-state index < -0.39 is 0 Å². The molecule has 3 heterocycles. The molecule has 0 radical (unpaired) electrons. The molecule has 3 rings (SSSR count). The Balaban J connectivity index is 1.79. The van der Waals surface area contributed by atoms with Crippen LogP contribution in [0, 0.1) is 5.92 Å². The average Bonchev–Trinajstić information content (AvgIpc) is 2.90. The van der Waals surface area contributed by atoms with Gasteiger partial charge in [0.25, 0.3) is 5.91 Å². The maximum Gasteiger partial charge on any atom is 0.255 e. The van der Waals surface area contributed by atoms with Crippen molar-refractivity contribution in [2.45, 2.75) is 12.5 Å². The van der Waals surface area contributed by atoms with Gasteiger partial charge in [-0.3, -0.25) is 4.79 Å². The van der Waals surface area contributed by atoms with Gasteiger partial charge in [-0.1, -0.05) is 0 Å². The van der Waals surface area contributed by atoms with Crippen LogP contribution in [0.4, 0.5) is 0 Å². The van der Waals surface area contributed by atoms with Crippen molar-refractivity contribution in [2.24, 2.45) is 5.92 Å². The van der Waals surface area contributed by atoms with Crippen LogP contribution < -0.4 is 0 Å². The van der Waals surface area contributed by atoms with E-state index in [1.165, 1.54) is 6.42 Å². The molecule has 86 valence electrons. The van der Waals surface area contributed by atoms with Crippen LogP contribution in [-0.2, 0) is 0 Å². The van der Waals surface area contributed by atoms with E-state index in [1.54, 1.807) is 11.3 Å². The maximum absolute atomic E-state index is 12.3. The van der Waals surface area contributed by atoms with Crippen molar-refractivity contribution in [3.05, 3.63) is 22.4 Å². The monoisotopic (exact) mass is 236 g/mol. The van der Waals surface area contributed by atoms with Gasteiger partial charge in [0.1, 0.15) is 0 Å². The lowest BCUT2D eigenvalue weighted by Gasteiger charge is -2.23. The Morgan fingerprint density at radius 1 is 1.50 bits per heavy atom. The Labute approximate surface area is 99.7 Å². The predicted molar refractivity (Wildman–Crippen MR) is 64.7 cm³/mol. The van der Waals surface area contributed by atoms with Crippen molar-refractivity contribution >= 4 is 17.2 Å². The van der Waals surface area contributed by atoms with Crippen LogP contribution in [-0.4, -0.2) is 48.4 Å². The molecule has 0 unspecified atom stereocenters. The summed E-state index contributed by atoms with van der Waals surface area (Å²) in [6.45, 7) is 3.14. The predicted octanol–water partition coefficient (Wildman–Crippen LogP) is 1.52. The third-order valence-corrected chi connectivity index (χ3v) is 4.44. The van der Waals surface area contributed by atoms with Crippen LogP contribution in [0.2, 0.25) is 0 Å². The topological polar surface area (TPSA) is 23.6 Å². The Morgan fingerprint density at radius 3 is 3.12 bits per heavy atom. The molecule has 0 saturated carbocycles. The number of carbonyl (C=O) groups excluding carboxylic acids is 1. The number of likely N-dealkylation sites (tertiary alicyclic amines) is 2. The molecule has 16 heavy (non-hydrogen) atoms. The number of carbonyl (C=O) groups is 1. The third-order valence-electron chi connectivity index (χ3n) is 3.76. The maximum atomic E-state index is 12.3. The van der Waals surface area contributed by atoms with Crippen LogP contribution in [0.5, 0.6) is 0 Å². The zero-order valence-corrected chi connectivity index (χ0v) is 10.2. The summed E-state index contributed by atoms with van der Waals surface area (Å²) in [5.74, 6) is 0.927. The summed E-state index contributed by atoms with van der Waals surface area (Å²) in [5.41, 5.74) is 0.861. The highest BCUT2D eigenvalue weighted by Crippen LogP contribution is 2.31. The summed E-state index contributed by atoms with van der Waals surface area (Å²) in [4.78, 5) is 16.7. The van der Waals surface area contributed by atoms with Gasteiger partial charge >= 0.3 is 0 Å². The molecule has 1 aromatic rings. The average molecular weight is 236 g/mol. The van der Waals surface area contributed by atoms with Gasteiger partial charge < -0.3 is 9.80 Å². The zero-order valence-electron chi connectivity index (χ0n) is 9.43. The van der Waals surface area contributed by atoms with Gasteiger partial charge in [-0.25, -0.2) is 0 Å². The lowest BCUT2D eigenvalue weighted by Crippen LogP contribution is -2.39. The fraction of sp³-hybridized carbons (Fsp3) is 0.583. The SMILES string of the molecule is CN1C[C@H]2CCN(C(=O)c3ccsc3)[C@H]2C1. The van der Waals surface area contributed by atoms with E-state index in [0.29, 0.717) is 12.0 Å².